The van der Waals surface area contributed by atoms with Crippen LogP contribution in [-0.4, -0.2) is 22.5 Å². The number of pyridine rings is 1. The van der Waals surface area contributed by atoms with Crippen molar-refractivity contribution >= 4 is 23.3 Å². The number of thioether (sulfide) groups is 1. The molecule has 0 saturated heterocycles. The predicted molar refractivity (Wildman–Crippen MR) is 76.6 cm³/mol. The average Bonchev–Trinajstić information content (AvgIpc) is 2.33. The minimum Gasteiger partial charge on any atom is -0.397 e. The molecule has 2 unspecified atom stereocenters. The summed E-state index contributed by atoms with van der Waals surface area (Å²) in [4.78, 5) is 4.40. The Bertz CT molecular complexity index is 381. The van der Waals surface area contributed by atoms with Gasteiger partial charge in [-0.05, 0) is 37.7 Å². The van der Waals surface area contributed by atoms with E-state index in [0.717, 1.165) is 17.1 Å². The van der Waals surface area contributed by atoms with Gasteiger partial charge < -0.3 is 11.1 Å². The number of aryl methyl sites for hydroxylation is 1. The number of nitrogens with two attached hydrogens (primary N) is 1. The van der Waals surface area contributed by atoms with E-state index in [1.807, 2.05) is 17.8 Å². The number of nitrogen functional groups attached to an aromatic ring is 1. The molecule has 1 aromatic heterocycles. The van der Waals surface area contributed by atoms with Crippen LogP contribution in [0, 0.1) is 6.92 Å². The van der Waals surface area contributed by atoms with Gasteiger partial charge in [-0.1, -0.05) is 12.8 Å². The third-order valence-corrected chi connectivity index (χ3v) is 4.60. The predicted octanol–water partition coefficient (Wildman–Crippen LogP) is 3.06. The normalized spacial score (nSPS) is 24.6. The quantitative estimate of drug-likeness (QED) is 0.867. The third-order valence-electron chi connectivity index (χ3n) is 3.43. The summed E-state index contributed by atoms with van der Waals surface area (Å²) < 4.78 is 0. The van der Waals surface area contributed by atoms with E-state index in [0.29, 0.717) is 11.3 Å². The van der Waals surface area contributed by atoms with Crippen LogP contribution in [0.15, 0.2) is 12.3 Å². The van der Waals surface area contributed by atoms with Gasteiger partial charge in [0.25, 0.3) is 0 Å². The van der Waals surface area contributed by atoms with Crippen molar-refractivity contribution in [3.05, 3.63) is 17.8 Å². The molecule has 0 spiro atoms. The minimum absolute atomic E-state index is 0.550. The van der Waals surface area contributed by atoms with Gasteiger partial charge >= 0.3 is 0 Å². The number of nitrogens with zero attached hydrogens (tertiary/aromatic N) is 1. The molecule has 0 amide bonds. The highest BCUT2D eigenvalue weighted by atomic mass is 32.2. The van der Waals surface area contributed by atoms with Gasteiger partial charge in [0.2, 0.25) is 0 Å². The smallest absolute Gasteiger partial charge is 0.129 e. The average molecular weight is 251 g/mol. The van der Waals surface area contributed by atoms with Crippen LogP contribution in [0.1, 0.15) is 31.2 Å². The fourth-order valence-electron chi connectivity index (χ4n) is 2.47. The van der Waals surface area contributed by atoms with E-state index < -0.39 is 0 Å². The van der Waals surface area contributed by atoms with E-state index in [-0.39, 0.29) is 0 Å². The fourth-order valence-corrected chi connectivity index (χ4v) is 3.40. The van der Waals surface area contributed by atoms with E-state index in [9.17, 15) is 0 Å². The van der Waals surface area contributed by atoms with Crippen molar-refractivity contribution < 1.29 is 0 Å². The molecule has 2 rings (SSSR count). The summed E-state index contributed by atoms with van der Waals surface area (Å²) in [6, 6.07) is 2.53. The number of aromatic nitrogens is 1. The van der Waals surface area contributed by atoms with Crippen molar-refractivity contribution in [2.24, 2.45) is 0 Å². The van der Waals surface area contributed by atoms with Crippen molar-refractivity contribution in [1.29, 1.82) is 0 Å². The fraction of sp³-hybridized carbons (Fsp3) is 0.615. The molecule has 1 saturated carbocycles. The second kappa shape index (κ2) is 5.63. The van der Waals surface area contributed by atoms with Gasteiger partial charge in [-0.2, -0.15) is 11.8 Å². The molecule has 3 N–H and O–H groups in total. The highest BCUT2D eigenvalue weighted by molar-refractivity contribution is 7.99. The number of rotatable bonds is 3. The summed E-state index contributed by atoms with van der Waals surface area (Å²) in [7, 11) is 0. The molecule has 17 heavy (non-hydrogen) atoms. The molecule has 0 aliphatic heterocycles. The zero-order chi connectivity index (χ0) is 12.3. The van der Waals surface area contributed by atoms with Crippen LogP contribution >= 0.6 is 11.8 Å². The number of hydrogen-bond donors (Lipinski definition) is 2. The van der Waals surface area contributed by atoms with Crippen LogP contribution in [0.25, 0.3) is 0 Å². The van der Waals surface area contributed by atoms with Crippen LogP contribution in [0.2, 0.25) is 0 Å². The lowest BCUT2D eigenvalue weighted by Gasteiger charge is -2.31. The first-order chi connectivity index (χ1) is 8.20. The maximum Gasteiger partial charge on any atom is 0.129 e. The Kier molecular flexibility index (Phi) is 4.15. The van der Waals surface area contributed by atoms with Gasteiger partial charge in [0, 0.05) is 11.3 Å². The lowest BCUT2D eigenvalue weighted by molar-refractivity contribution is 0.474. The highest BCUT2D eigenvalue weighted by Crippen LogP contribution is 2.29. The Hall–Kier alpha value is -0.900. The largest absolute Gasteiger partial charge is 0.397 e. The molecule has 2 atom stereocenters. The molecule has 0 radical (unpaired) electrons. The van der Waals surface area contributed by atoms with E-state index in [4.69, 9.17) is 5.73 Å². The topological polar surface area (TPSA) is 50.9 Å². The molecule has 1 aliphatic rings. The van der Waals surface area contributed by atoms with Crippen molar-refractivity contribution in [2.45, 2.75) is 43.9 Å². The Morgan fingerprint density at radius 1 is 1.41 bits per heavy atom. The van der Waals surface area contributed by atoms with E-state index >= 15 is 0 Å². The summed E-state index contributed by atoms with van der Waals surface area (Å²) in [5, 5.41) is 4.30. The van der Waals surface area contributed by atoms with Gasteiger partial charge in [-0.3, -0.25) is 0 Å². The molecule has 1 aromatic rings. The van der Waals surface area contributed by atoms with E-state index in [2.05, 4.69) is 23.5 Å². The van der Waals surface area contributed by atoms with Crippen LogP contribution in [0.5, 0.6) is 0 Å². The lowest BCUT2D eigenvalue weighted by Crippen LogP contribution is -2.34. The first-order valence-electron chi connectivity index (χ1n) is 6.22. The summed E-state index contributed by atoms with van der Waals surface area (Å²) in [6.07, 6.45) is 9.17. The molecule has 3 nitrogen and oxygen atoms in total. The van der Waals surface area contributed by atoms with Crippen LogP contribution in [-0.2, 0) is 0 Å². The molecule has 0 aromatic carbocycles. The summed E-state index contributed by atoms with van der Waals surface area (Å²) in [5.41, 5.74) is 7.59. The standard InChI is InChI=1S/C13H21N3S/c1-9-7-10(14)8-15-13(9)16-11-5-3-4-6-12(11)17-2/h7-8,11-12H,3-6,14H2,1-2H3,(H,15,16). The second-order valence-electron chi connectivity index (χ2n) is 4.74. The minimum atomic E-state index is 0.550. The highest BCUT2D eigenvalue weighted by Gasteiger charge is 2.24. The summed E-state index contributed by atoms with van der Waals surface area (Å²) in [5.74, 6) is 0.991. The van der Waals surface area contributed by atoms with Crippen LogP contribution in [0.3, 0.4) is 0 Å². The monoisotopic (exact) mass is 251 g/mol. The zero-order valence-electron chi connectivity index (χ0n) is 10.6. The molecular formula is C13H21N3S. The number of nitrogens with one attached hydrogen (secondary N) is 1. The molecule has 4 heteroatoms. The Morgan fingerprint density at radius 2 is 2.18 bits per heavy atom. The van der Waals surface area contributed by atoms with E-state index in [1.165, 1.54) is 25.7 Å². The van der Waals surface area contributed by atoms with Crippen LogP contribution in [0.4, 0.5) is 11.5 Å². The van der Waals surface area contributed by atoms with Gasteiger partial charge in [-0.15, -0.1) is 0 Å². The summed E-state index contributed by atoms with van der Waals surface area (Å²) in [6.45, 7) is 2.06. The molecular weight excluding hydrogens is 230 g/mol. The third kappa shape index (κ3) is 3.06. The molecule has 1 heterocycles. The number of anilines is 2. The SMILES string of the molecule is CSC1CCCCC1Nc1ncc(N)cc1C. The maximum atomic E-state index is 5.72. The molecule has 1 aliphatic carbocycles. The van der Waals surface area contributed by atoms with Gasteiger partial charge in [-0.25, -0.2) is 4.98 Å². The first kappa shape index (κ1) is 12.6. The van der Waals surface area contributed by atoms with Gasteiger partial charge in [0.1, 0.15) is 5.82 Å². The van der Waals surface area contributed by atoms with Crippen molar-refractivity contribution in [3.63, 3.8) is 0 Å². The summed E-state index contributed by atoms with van der Waals surface area (Å²) >= 11 is 1.97. The Labute approximate surface area is 108 Å². The van der Waals surface area contributed by atoms with Crippen molar-refractivity contribution in [3.8, 4) is 0 Å². The Morgan fingerprint density at radius 3 is 2.88 bits per heavy atom. The number of hydrogen-bond acceptors (Lipinski definition) is 4. The van der Waals surface area contributed by atoms with Crippen LogP contribution < -0.4 is 11.1 Å². The first-order valence-corrected chi connectivity index (χ1v) is 7.51. The van der Waals surface area contributed by atoms with Gasteiger partial charge in [0.15, 0.2) is 0 Å². The molecule has 94 valence electrons. The maximum absolute atomic E-state index is 5.72. The van der Waals surface area contributed by atoms with Crippen molar-refractivity contribution in [1.82, 2.24) is 4.98 Å². The Balaban J connectivity index is 2.08. The van der Waals surface area contributed by atoms with Crippen molar-refractivity contribution in [2.75, 3.05) is 17.3 Å². The van der Waals surface area contributed by atoms with Gasteiger partial charge in [0.05, 0.1) is 11.9 Å². The second-order valence-corrected chi connectivity index (χ2v) is 5.82. The molecule has 0 bridgehead atoms. The zero-order valence-corrected chi connectivity index (χ0v) is 11.4. The van der Waals surface area contributed by atoms with E-state index in [1.54, 1.807) is 6.20 Å². The lowest BCUT2D eigenvalue weighted by atomic mass is 9.94. The molecule has 1 fully saturated rings.